The van der Waals surface area contributed by atoms with E-state index >= 15 is 0 Å². The summed E-state index contributed by atoms with van der Waals surface area (Å²) >= 11 is 0. The zero-order valence-electron chi connectivity index (χ0n) is 8.80. The Balaban J connectivity index is 2.41. The number of hydrogen-bond acceptors (Lipinski definition) is 1. The quantitative estimate of drug-likeness (QED) is 0.591. The van der Waals surface area contributed by atoms with Crippen molar-refractivity contribution in [2.75, 3.05) is 0 Å². The monoisotopic (exact) mass is 211 g/mol. The Hall–Kier alpha value is -2.29. The Bertz CT molecular complexity index is 500. The number of rotatable bonds is 2. The molecule has 0 fully saturated rings. The van der Waals surface area contributed by atoms with Crippen molar-refractivity contribution >= 4 is 11.6 Å². The highest BCUT2D eigenvalue weighted by Crippen LogP contribution is 2.23. The molecule has 0 aliphatic rings. The van der Waals surface area contributed by atoms with E-state index in [1.54, 1.807) is 0 Å². The molecule has 2 rings (SSSR count). The Morgan fingerprint density at radius 2 is 1.50 bits per heavy atom. The molecule has 3 nitrogen and oxygen atoms in total. The van der Waals surface area contributed by atoms with Gasteiger partial charge in [0.15, 0.2) is 5.96 Å². The highest BCUT2D eigenvalue weighted by atomic mass is 15.0. The number of benzene rings is 2. The third-order valence-corrected chi connectivity index (χ3v) is 2.21. The van der Waals surface area contributed by atoms with Crippen molar-refractivity contribution in [3.8, 4) is 11.1 Å². The standard InChI is InChI=1S/C13H13N3/c14-13(15)16-12-8-4-7-11(9-12)10-5-2-1-3-6-10/h1-9H,(H4,14,15,16). The molecular weight excluding hydrogens is 198 g/mol. The first-order valence-electron chi connectivity index (χ1n) is 5.01. The second kappa shape index (κ2) is 4.49. The van der Waals surface area contributed by atoms with Crippen LogP contribution in [0.1, 0.15) is 0 Å². The van der Waals surface area contributed by atoms with E-state index in [0.29, 0.717) is 0 Å². The van der Waals surface area contributed by atoms with Crippen LogP contribution in [0.2, 0.25) is 0 Å². The summed E-state index contributed by atoms with van der Waals surface area (Å²) in [5, 5.41) is 0. The van der Waals surface area contributed by atoms with Gasteiger partial charge in [0, 0.05) is 0 Å². The topological polar surface area (TPSA) is 64.4 Å². The lowest BCUT2D eigenvalue weighted by Crippen LogP contribution is -2.21. The summed E-state index contributed by atoms with van der Waals surface area (Å²) in [5.41, 5.74) is 13.7. The van der Waals surface area contributed by atoms with Gasteiger partial charge in [0.05, 0.1) is 5.69 Å². The molecule has 0 aliphatic heterocycles. The zero-order chi connectivity index (χ0) is 11.4. The second-order valence-electron chi connectivity index (χ2n) is 3.45. The van der Waals surface area contributed by atoms with Crippen molar-refractivity contribution in [2.45, 2.75) is 0 Å². The molecule has 2 aromatic rings. The highest BCUT2D eigenvalue weighted by Gasteiger charge is 1.97. The largest absolute Gasteiger partial charge is 0.370 e. The highest BCUT2D eigenvalue weighted by molar-refractivity contribution is 5.80. The molecule has 4 N–H and O–H groups in total. The van der Waals surface area contributed by atoms with E-state index in [1.807, 2.05) is 42.5 Å². The van der Waals surface area contributed by atoms with E-state index in [-0.39, 0.29) is 5.96 Å². The Kier molecular flexibility index (Phi) is 2.87. The third-order valence-electron chi connectivity index (χ3n) is 2.21. The number of nitrogens with two attached hydrogens (primary N) is 2. The van der Waals surface area contributed by atoms with Gasteiger partial charge in [-0.3, -0.25) is 0 Å². The third kappa shape index (κ3) is 2.39. The molecule has 0 saturated heterocycles. The maximum atomic E-state index is 5.34. The molecule has 0 heterocycles. The van der Waals surface area contributed by atoms with E-state index in [1.165, 1.54) is 0 Å². The van der Waals surface area contributed by atoms with Gasteiger partial charge in [-0.1, -0.05) is 42.5 Å². The molecule has 80 valence electrons. The predicted molar refractivity (Wildman–Crippen MR) is 67.3 cm³/mol. The average molecular weight is 211 g/mol. The minimum absolute atomic E-state index is 0.0743. The van der Waals surface area contributed by atoms with Crippen LogP contribution in [0.5, 0.6) is 0 Å². The fraction of sp³-hybridized carbons (Fsp3) is 0. The molecule has 0 saturated carbocycles. The molecule has 0 atom stereocenters. The van der Waals surface area contributed by atoms with Crippen molar-refractivity contribution in [3.63, 3.8) is 0 Å². The zero-order valence-corrected chi connectivity index (χ0v) is 8.80. The first kappa shape index (κ1) is 10.2. The summed E-state index contributed by atoms with van der Waals surface area (Å²) in [6.07, 6.45) is 0. The van der Waals surface area contributed by atoms with E-state index in [9.17, 15) is 0 Å². The Morgan fingerprint density at radius 3 is 2.19 bits per heavy atom. The smallest absolute Gasteiger partial charge is 0.191 e. The fourth-order valence-corrected chi connectivity index (χ4v) is 1.53. The van der Waals surface area contributed by atoms with Crippen LogP contribution in [-0.4, -0.2) is 5.96 Å². The molecule has 0 unspecified atom stereocenters. The minimum atomic E-state index is 0.0743. The molecule has 16 heavy (non-hydrogen) atoms. The molecule has 0 spiro atoms. The molecule has 2 aromatic carbocycles. The lowest BCUT2D eigenvalue weighted by molar-refractivity contribution is 1.42. The van der Waals surface area contributed by atoms with Crippen LogP contribution in [0.25, 0.3) is 11.1 Å². The Labute approximate surface area is 94.4 Å². The van der Waals surface area contributed by atoms with Crippen molar-refractivity contribution < 1.29 is 0 Å². The molecule has 3 heteroatoms. The van der Waals surface area contributed by atoms with Gasteiger partial charge in [-0.2, -0.15) is 0 Å². The number of hydrogen-bond donors (Lipinski definition) is 2. The van der Waals surface area contributed by atoms with Gasteiger partial charge < -0.3 is 11.5 Å². The minimum Gasteiger partial charge on any atom is -0.370 e. The maximum Gasteiger partial charge on any atom is 0.191 e. The van der Waals surface area contributed by atoms with Gasteiger partial charge in [0.1, 0.15) is 0 Å². The van der Waals surface area contributed by atoms with Crippen molar-refractivity contribution in [1.29, 1.82) is 0 Å². The van der Waals surface area contributed by atoms with Gasteiger partial charge in [0.2, 0.25) is 0 Å². The van der Waals surface area contributed by atoms with E-state index < -0.39 is 0 Å². The number of nitrogens with zero attached hydrogens (tertiary/aromatic N) is 1. The van der Waals surface area contributed by atoms with E-state index in [4.69, 9.17) is 11.5 Å². The van der Waals surface area contributed by atoms with Crippen molar-refractivity contribution in [1.82, 2.24) is 0 Å². The molecule has 0 radical (unpaired) electrons. The molecule has 0 amide bonds. The van der Waals surface area contributed by atoms with Crippen molar-refractivity contribution in [3.05, 3.63) is 54.6 Å². The molecule has 0 aliphatic carbocycles. The van der Waals surface area contributed by atoms with Crippen LogP contribution >= 0.6 is 0 Å². The lowest BCUT2D eigenvalue weighted by atomic mass is 10.1. The van der Waals surface area contributed by atoms with Crippen LogP contribution < -0.4 is 11.5 Å². The number of aliphatic imine (C=N–C) groups is 1. The van der Waals surface area contributed by atoms with E-state index in [2.05, 4.69) is 17.1 Å². The van der Waals surface area contributed by atoms with E-state index in [0.717, 1.165) is 16.8 Å². The van der Waals surface area contributed by atoms with Crippen LogP contribution in [0.4, 0.5) is 5.69 Å². The van der Waals surface area contributed by atoms with Crippen LogP contribution in [0.15, 0.2) is 59.6 Å². The van der Waals surface area contributed by atoms with Crippen molar-refractivity contribution in [2.24, 2.45) is 16.5 Å². The molecule has 0 bridgehead atoms. The first-order chi connectivity index (χ1) is 7.75. The summed E-state index contributed by atoms with van der Waals surface area (Å²) < 4.78 is 0. The van der Waals surface area contributed by atoms with Crippen LogP contribution in [-0.2, 0) is 0 Å². The van der Waals surface area contributed by atoms with Crippen LogP contribution in [0, 0.1) is 0 Å². The summed E-state index contributed by atoms with van der Waals surface area (Å²) in [5.74, 6) is 0.0743. The van der Waals surface area contributed by atoms with Gasteiger partial charge >= 0.3 is 0 Å². The second-order valence-corrected chi connectivity index (χ2v) is 3.45. The summed E-state index contributed by atoms with van der Waals surface area (Å²) in [4.78, 5) is 4.02. The SMILES string of the molecule is NC(N)=Nc1cccc(-c2ccccc2)c1. The van der Waals surface area contributed by atoms with Gasteiger partial charge in [-0.05, 0) is 23.3 Å². The van der Waals surface area contributed by atoms with Gasteiger partial charge in [-0.25, -0.2) is 4.99 Å². The van der Waals surface area contributed by atoms with Crippen LogP contribution in [0.3, 0.4) is 0 Å². The fourth-order valence-electron chi connectivity index (χ4n) is 1.53. The van der Waals surface area contributed by atoms with Gasteiger partial charge in [-0.15, -0.1) is 0 Å². The summed E-state index contributed by atoms with van der Waals surface area (Å²) in [7, 11) is 0. The Morgan fingerprint density at radius 1 is 0.812 bits per heavy atom. The maximum absolute atomic E-state index is 5.34. The number of guanidine groups is 1. The first-order valence-corrected chi connectivity index (χ1v) is 5.01. The lowest BCUT2D eigenvalue weighted by Gasteiger charge is -2.02. The molecular formula is C13H13N3. The van der Waals surface area contributed by atoms with Gasteiger partial charge in [0.25, 0.3) is 0 Å². The average Bonchev–Trinajstić information content (AvgIpc) is 2.30. The summed E-state index contributed by atoms with van der Waals surface area (Å²) in [6.45, 7) is 0. The predicted octanol–water partition coefficient (Wildman–Crippen LogP) is 2.26. The normalized spacial score (nSPS) is 9.75. The summed E-state index contributed by atoms with van der Waals surface area (Å²) in [6, 6.07) is 17.9. The molecule has 0 aromatic heterocycles.